The molecular weight excluding hydrogens is 136 g/mol. The van der Waals surface area contributed by atoms with Crippen LogP contribution in [0.1, 0.15) is 6.92 Å². The molecule has 3 nitrogen and oxygen atoms in total. The van der Waals surface area contributed by atoms with Gasteiger partial charge in [-0.1, -0.05) is 16.9 Å². The molecule has 0 spiro atoms. The zero-order valence-corrected chi connectivity index (χ0v) is 5.99. The smallest absolute Gasteiger partial charge is 0.156 e. The molecule has 1 aliphatic heterocycles. The van der Waals surface area contributed by atoms with E-state index in [1.165, 1.54) is 0 Å². The van der Waals surface area contributed by atoms with Gasteiger partial charge in [0.1, 0.15) is 6.61 Å². The van der Waals surface area contributed by atoms with Crippen molar-refractivity contribution in [1.82, 2.24) is 0 Å². The third-order valence-corrected chi connectivity index (χ3v) is 1.91. The van der Waals surface area contributed by atoms with Crippen LogP contribution in [0.25, 0.3) is 0 Å². The van der Waals surface area contributed by atoms with E-state index in [1.807, 2.05) is 0 Å². The summed E-state index contributed by atoms with van der Waals surface area (Å²) in [5, 5.41) is 11.6. The molecule has 0 saturated carbocycles. The van der Waals surface area contributed by atoms with Gasteiger partial charge in [-0.15, -0.1) is 0 Å². The van der Waals surface area contributed by atoms with Crippen molar-refractivity contribution in [2.24, 2.45) is 5.16 Å². The summed E-state index contributed by atoms with van der Waals surface area (Å²) in [5.74, 6) is 0.912. The first-order valence-corrected chi connectivity index (χ1v) is 3.67. The second kappa shape index (κ2) is 2.87. The van der Waals surface area contributed by atoms with E-state index in [4.69, 9.17) is 10.2 Å². The van der Waals surface area contributed by atoms with E-state index in [0.717, 1.165) is 5.75 Å². The fourth-order valence-corrected chi connectivity index (χ4v) is 1.16. The molecule has 0 aromatic carbocycles. The summed E-state index contributed by atoms with van der Waals surface area (Å²) in [6, 6.07) is 0. The van der Waals surface area contributed by atoms with Crippen LogP contribution in [-0.4, -0.2) is 23.1 Å². The predicted molar refractivity (Wildman–Crippen MR) is 39.2 cm³/mol. The fraction of sp³-hybridized carbons (Fsp3) is 0.600. The second-order valence-electron chi connectivity index (χ2n) is 1.70. The normalized spacial score (nSPS) is 18.1. The first-order chi connectivity index (χ1) is 4.30. The van der Waals surface area contributed by atoms with E-state index in [9.17, 15) is 0 Å². The Morgan fingerprint density at radius 3 is 3.00 bits per heavy atom. The minimum Gasteiger partial charge on any atom is -0.394 e. The highest BCUT2D eigenvalue weighted by Crippen LogP contribution is 2.10. The van der Waals surface area contributed by atoms with E-state index in [1.54, 1.807) is 18.7 Å². The average molecular weight is 144 g/mol. The molecule has 0 amide bonds. The summed E-state index contributed by atoms with van der Waals surface area (Å²) >= 11 is 1.57. The van der Waals surface area contributed by atoms with E-state index >= 15 is 0 Å². The molecule has 0 atom stereocenters. The van der Waals surface area contributed by atoms with Gasteiger partial charge in [-0.05, 0) is 6.92 Å². The largest absolute Gasteiger partial charge is 0.394 e. The lowest BCUT2D eigenvalue weighted by Crippen LogP contribution is -2.12. The second-order valence-corrected chi connectivity index (χ2v) is 2.79. The number of nitrogens with zero attached hydrogens (tertiary/aromatic N) is 1. The Labute approximate surface area is 58.0 Å². The number of thioether (sulfide) groups is 1. The van der Waals surface area contributed by atoms with Gasteiger partial charge in [0.05, 0.1) is 5.71 Å². The molecule has 0 saturated heterocycles. The first-order valence-electron chi connectivity index (χ1n) is 2.69. The minimum absolute atomic E-state index is 0.486. The summed E-state index contributed by atoms with van der Waals surface area (Å²) in [6.07, 6.45) is 0. The van der Waals surface area contributed by atoms with Gasteiger partial charge in [-0.25, -0.2) is 0 Å². The SMILES string of the molecule is CC(=N)C1=NOCCS1. The molecule has 1 heterocycles. The van der Waals surface area contributed by atoms with Crippen molar-refractivity contribution in [1.29, 1.82) is 5.41 Å². The van der Waals surface area contributed by atoms with Gasteiger partial charge in [0.15, 0.2) is 5.04 Å². The van der Waals surface area contributed by atoms with Crippen LogP contribution in [-0.2, 0) is 4.84 Å². The van der Waals surface area contributed by atoms with Crippen LogP contribution in [0.4, 0.5) is 0 Å². The van der Waals surface area contributed by atoms with Gasteiger partial charge in [0.25, 0.3) is 0 Å². The summed E-state index contributed by atoms with van der Waals surface area (Å²) in [7, 11) is 0. The predicted octanol–water partition coefficient (Wildman–Crippen LogP) is 1.10. The average Bonchev–Trinajstić information content (AvgIpc) is 1.90. The standard InChI is InChI=1S/C5H8N2OS/c1-4(6)5-7-8-2-3-9-5/h6H,2-3H2,1H3. The molecule has 0 radical (unpaired) electrons. The molecule has 0 unspecified atom stereocenters. The zero-order valence-electron chi connectivity index (χ0n) is 5.18. The van der Waals surface area contributed by atoms with Crippen LogP contribution < -0.4 is 0 Å². The summed E-state index contributed by atoms with van der Waals surface area (Å²) in [4.78, 5) is 4.77. The molecule has 50 valence electrons. The van der Waals surface area contributed by atoms with Gasteiger partial charge < -0.3 is 10.2 Å². The molecule has 0 fully saturated rings. The van der Waals surface area contributed by atoms with Crippen LogP contribution in [0.15, 0.2) is 5.16 Å². The number of hydrogen-bond donors (Lipinski definition) is 1. The molecule has 0 aliphatic carbocycles. The van der Waals surface area contributed by atoms with E-state index in [-0.39, 0.29) is 0 Å². The quantitative estimate of drug-likeness (QED) is 0.560. The monoisotopic (exact) mass is 144 g/mol. The molecule has 0 aromatic rings. The Hall–Kier alpha value is -0.510. The van der Waals surface area contributed by atoms with Gasteiger partial charge in [-0.3, -0.25) is 0 Å². The number of hydrogen-bond acceptors (Lipinski definition) is 4. The van der Waals surface area contributed by atoms with E-state index in [2.05, 4.69) is 5.16 Å². The number of oxime groups is 1. The first kappa shape index (κ1) is 6.61. The Morgan fingerprint density at radius 2 is 2.67 bits per heavy atom. The van der Waals surface area contributed by atoms with Gasteiger partial charge in [0, 0.05) is 5.75 Å². The lowest BCUT2D eigenvalue weighted by atomic mass is 10.5. The van der Waals surface area contributed by atoms with Crippen molar-refractivity contribution in [2.75, 3.05) is 12.4 Å². The maximum absolute atomic E-state index is 7.16. The highest BCUT2D eigenvalue weighted by atomic mass is 32.2. The van der Waals surface area contributed by atoms with Crippen molar-refractivity contribution in [2.45, 2.75) is 6.92 Å². The Balaban J connectivity index is 2.57. The maximum atomic E-state index is 7.16. The fourth-order valence-electron chi connectivity index (χ4n) is 0.483. The summed E-state index contributed by atoms with van der Waals surface area (Å²) < 4.78 is 0. The van der Waals surface area contributed by atoms with Gasteiger partial charge >= 0.3 is 0 Å². The summed E-state index contributed by atoms with van der Waals surface area (Å²) in [6.45, 7) is 2.38. The van der Waals surface area contributed by atoms with Crippen LogP contribution in [0.3, 0.4) is 0 Å². The topological polar surface area (TPSA) is 45.4 Å². The molecule has 0 aromatic heterocycles. The van der Waals surface area contributed by atoms with Crippen molar-refractivity contribution < 1.29 is 4.84 Å². The Morgan fingerprint density at radius 1 is 1.89 bits per heavy atom. The molecular formula is C5H8N2OS. The Kier molecular flexibility index (Phi) is 2.10. The van der Waals surface area contributed by atoms with Crippen molar-refractivity contribution in [3.8, 4) is 0 Å². The van der Waals surface area contributed by atoms with Crippen molar-refractivity contribution in [3.05, 3.63) is 0 Å². The highest BCUT2D eigenvalue weighted by Gasteiger charge is 2.07. The van der Waals surface area contributed by atoms with Crippen LogP contribution in [0.5, 0.6) is 0 Å². The molecule has 0 bridgehead atoms. The van der Waals surface area contributed by atoms with Crippen molar-refractivity contribution in [3.63, 3.8) is 0 Å². The maximum Gasteiger partial charge on any atom is 0.156 e. The van der Waals surface area contributed by atoms with Gasteiger partial charge in [0.2, 0.25) is 0 Å². The van der Waals surface area contributed by atoms with Gasteiger partial charge in [-0.2, -0.15) is 0 Å². The molecule has 1 aliphatic rings. The Bertz CT molecular complexity index is 155. The molecule has 4 heteroatoms. The molecule has 1 rings (SSSR count). The van der Waals surface area contributed by atoms with Crippen LogP contribution in [0.2, 0.25) is 0 Å². The number of rotatable bonds is 1. The zero-order chi connectivity index (χ0) is 6.69. The minimum atomic E-state index is 0.486. The van der Waals surface area contributed by atoms with Crippen LogP contribution in [0, 0.1) is 5.41 Å². The van der Waals surface area contributed by atoms with E-state index < -0.39 is 0 Å². The van der Waals surface area contributed by atoms with E-state index in [0.29, 0.717) is 17.4 Å². The van der Waals surface area contributed by atoms with Crippen molar-refractivity contribution >= 4 is 22.5 Å². The number of nitrogens with one attached hydrogen (secondary N) is 1. The summed E-state index contributed by atoms with van der Waals surface area (Å²) in [5.41, 5.74) is 0.486. The third kappa shape index (κ3) is 1.71. The molecule has 9 heavy (non-hydrogen) atoms. The molecule has 1 N–H and O–H groups in total. The lowest BCUT2D eigenvalue weighted by molar-refractivity contribution is 0.160. The lowest BCUT2D eigenvalue weighted by Gasteiger charge is -2.08. The third-order valence-electron chi connectivity index (χ3n) is 0.882. The van der Waals surface area contributed by atoms with Crippen LogP contribution >= 0.6 is 11.8 Å². The highest BCUT2D eigenvalue weighted by molar-refractivity contribution is 8.15.